The average molecular weight is 489 g/mol. The number of imide groups is 1. The monoisotopic (exact) mass is 488 g/mol. The lowest BCUT2D eigenvalue weighted by Gasteiger charge is -2.20. The fraction of sp³-hybridized carbons (Fsp3) is 0.429. The highest BCUT2D eigenvalue weighted by molar-refractivity contribution is 6.22. The van der Waals surface area contributed by atoms with Gasteiger partial charge in [0.15, 0.2) is 0 Å². The van der Waals surface area contributed by atoms with Crippen molar-refractivity contribution in [2.75, 3.05) is 23.0 Å². The summed E-state index contributed by atoms with van der Waals surface area (Å²) in [7, 11) is 0. The molecule has 3 amide bonds. The van der Waals surface area contributed by atoms with Crippen LogP contribution >= 0.6 is 0 Å². The Kier molecular flexibility index (Phi) is 5.54. The maximum atomic E-state index is 13.2. The van der Waals surface area contributed by atoms with Gasteiger partial charge in [0.05, 0.1) is 35.7 Å². The van der Waals surface area contributed by atoms with Crippen LogP contribution in [0.3, 0.4) is 0 Å². The molecule has 2 aromatic carbocycles. The molecule has 36 heavy (non-hydrogen) atoms. The van der Waals surface area contributed by atoms with Crippen molar-refractivity contribution in [2.24, 2.45) is 29.6 Å². The van der Waals surface area contributed by atoms with Gasteiger partial charge in [-0.3, -0.25) is 19.2 Å². The maximum Gasteiger partial charge on any atom is 0.316 e. The quantitative estimate of drug-likeness (QED) is 0.351. The minimum Gasteiger partial charge on any atom is -0.492 e. The molecule has 8 nitrogen and oxygen atoms in total. The Morgan fingerprint density at radius 1 is 0.972 bits per heavy atom. The molecule has 0 N–H and O–H groups in total. The molecule has 2 bridgehead atoms. The van der Waals surface area contributed by atoms with E-state index < -0.39 is 11.9 Å². The SMILES string of the molecule is CCOc1ccccc1N1C[C@@H](C(=O)Oc2cccc(N3C(=O)[C@@H]4[C@H]5CC[C@@H](C5)[C@@H]4C3=O)c2)CC1=O. The van der Waals surface area contributed by atoms with E-state index in [0.717, 1.165) is 19.3 Å². The molecule has 0 radical (unpaired) electrons. The largest absolute Gasteiger partial charge is 0.492 e. The predicted octanol–water partition coefficient (Wildman–Crippen LogP) is 3.58. The molecule has 0 aromatic heterocycles. The lowest BCUT2D eigenvalue weighted by Crippen LogP contribution is -2.32. The van der Waals surface area contributed by atoms with Crippen molar-refractivity contribution >= 4 is 35.1 Å². The summed E-state index contributed by atoms with van der Waals surface area (Å²) in [4.78, 5) is 54.9. The Hall–Kier alpha value is -3.68. The molecule has 6 rings (SSSR count). The second kappa shape index (κ2) is 8.76. The number of anilines is 2. The van der Waals surface area contributed by atoms with Gasteiger partial charge >= 0.3 is 5.97 Å². The third kappa shape index (κ3) is 3.58. The minimum absolute atomic E-state index is 0.0359. The Bertz CT molecular complexity index is 1230. The molecule has 2 aliphatic carbocycles. The van der Waals surface area contributed by atoms with E-state index in [9.17, 15) is 19.2 Å². The first-order chi connectivity index (χ1) is 17.5. The molecule has 0 spiro atoms. The van der Waals surface area contributed by atoms with Crippen molar-refractivity contribution in [3.8, 4) is 11.5 Å². The molecule has 5 atom stereocenters. The molecular weight excluding hydrogens is 460 g/mol. The van der Waals surface area contributed by atoms with Crippen molar-refractivity contribution in [1.29, 1.82) is 0 Å². The number of amides is 3. The Balaban J connectivity index is 1.16. The highest BCUT2D eigenvalue weighted by atomic mass is 16.5. The predicted molar refractivity (Wildman–Crippen MR) is 130 cm³/mol. The van der Waals surface area contributed by atoms with Gasteiger partial charge < -0.3 is 14.4 Å². The Labute approximate surface area is 209 Å². The summed E-state index contributed by atoms with van der Waals surface area (Å²) in [5, 5.41) is 0. The Morgan fingerprint density at radius 3 is 2.42 bits per heavy atom. The van der Waals surface area contributed by atoms with Gasteiger partial charge in [0.1, 0.15) is 11.5 Å². The summed E-state index contributed by atoms with van der Waals surface area (Å²) in [5.41, 5.74) is 1.06. The van der Waals surface area contributed by atoms with Crippen LogP contribution in [0.25, 0.3) is 0 Å². The number of benzene rings is 2. The molecule has 4 fully saturated rings. The van der Waals surface area contributed by atoms with Gasteiger partial charge in [-0.25, -0.2) is 4.90 Å². The van der Waals surface area contributed by atoms with E-state index in [0.29, 0.717) is 35.6 Å². The number of nitrogens with zero attached hydrogens (tertiary/aromatic N) is 2. The number of rotatable bonds is 6. The summed E-state index contributed by atoms with van der Waals surface area (Å²) in [5.74, 6) is -0.575. The van der Waals surface area contributed by atoms with Crippen LogP contribution in [0.5, 0.6) is 11.5 Å². The third-order valence-corrected chi connectivity index (χ3v) is 8.14. The number of ether oxygens (including phenoxy) is 2. The highest BCUT2D eigenvalue weighted by Crippen LogP contribution is 2.56. The smallest absolute Gasteiger partial charge is 0.316 e. The molecule has 2 heterocycles. The zero-order chi connectivity index (χ0) is 25.0. The van der Waals surface area contributed by atoms with E-state index in [1.165, 1.54) is 4.90 Å². The summed E-state index contributed by atoms with van der Waals surface area (Å²) < 4.78 is 11.3. The van der Waals surface area contributed by atoms with Crippen molar-refractivity contribution < 1.29 is 28.7 Å². The molecule has 0 unspecified atom stereocenters. The molecule has 4 aliphatic rings. The molecule has 2 aromatic rings. The number of hydrogen-bond acceptors (Lipinski definition) is 6. The van der Waals surface area contributed by atoms with Gasteiger partial charge in [0.2, 0.25) is 17.7 Å². The molecular formula is C28H28N2O6. The molecule has 8 heteroatoms. The maximum absolute atomic E-state index is 13.2. The van der Waals surface area contributed by atoms with Crippen LogP contribution in [0.2, 0.25) is 0 Å². The number of para-hydroxylation sites is 2. The number of fused-ring (bicyclic) bond motifs is 5. The molecule has 2 saturated carbocycles. The van der Waals surface area contributed by atoms with E-state index >= 15 is 0 Å². The topological polar surface area (TPSA) is 93.2 Å². The van der Waals surface area contributed by atoms with Crippen LogP contribution in [0.4, 0.5) is 11.4 Å². The summed E-state index contributed by atoms with van der Waals surface area (Å²) in [6.07, 6.45) is 3.05. The third-order valence-electron chi connectivity index (χ3n) is 8.14. The standard InChI is InChI=1S/C28H28N2O6/c1-2-35-22-9-4-3-8-21(22)29-15-18(13-23(29)31)28(34)36-20-7-5-6-19(14-20)30-26(32)24-16-10-11-17(12-16)25(24)27(30)33/h3-9,14,16-18,24-25H,2,10-13,15H2,1H3/t16-,17-,18-,24-,25+/m0/s1. The van der Waals surface area contributed by atoms with E-state index in [-0.39, 0.29) is 48.3 Å². The molecule has 186 valence electrons. The Morgan fingerprint density at radius 2 is 1.69 bits per heavy atom. The molecule has 2 aliphatic heterocycles. The first-order valence-electron chi connectivity index (χ1n) is 12.7. The van der Waals surface area contributed by atoms with Crippen LogP contribution < -0.4 is 19.3 Å². The summed E-state index contributed by atoms with van der Waals surface area (Å²) in [6, 6.07) is 13.8. The van der Waals surface area contributed by atoms with Crippen molar-refractivity contribution in [3.63, 3.8) is 0 Å². The summed E-state index contributed by atoms with van der Waals surface area (Å²) in [6.45, 7) is 2.53. The zero-order valence-corrected chi connectivity index (χ0v) is 20.1. The van der Waals surface area contributed by atoms with Gasteiger partial charge in [-0.2, -0.15) is 0 Å². The minimum atomic E-state index is -0.638. The fourth-order valence-corrected chi connectivity index (χ4v) is 6.60. The van der Waals surface area contributed by atoms with Gasteiger partial charge in [-0.05, 0) is 62.3 Å². The second-order valence-corrected chi connectivity index (χ2v) is 10.1. The van der Waals surface area contributed by atoms with E-state index in [2.05, 4.69) is 0 Å². The van der Waals surface area contributed by atoms with Crippen LogP contribution in [0.15, 0.2) is 48.5 Å². The van der Waals surface area contributed by atoms with Crippen molar-refractivity contribution in [3.05, 3.63) is 48.5 Å². The van der Waals surface area contributed by atoms with Crippen LogP contribution in [0.1, 0.15) is 32.6 Å². The molecule has 2 saturated heterocycles. The number of esters is 1. The number of hydrogen-bond donors (Lipinski definition) is 0. The van der Waals surface area contributed by atoms with Crippen LogP contribution in [-0.2, 0) is 19.2 Å². The van der Waals surface area contributed by atoms with Gasteiger partial charge in [0, 0.05) is 19.0 Å². The van der Waals surface area contributed by atoms with Crippen LogP contribution in [0, 0.1) is 29.6 Å². The lowest BCUT2D eigenvalue weighted by molar-refractivity contribution is -0.139. The van der Waals surface area contributed by atoms with E-state index in [1.54, 1.807) is 41.3 Å². The lowest BCUT2D eigenvalue weighted by atomic mass is 9.81. The first kappa shape index (κ1) is 22.8. The van der Waals surface area contributed by atoms with E-state index in [1.807, 2.05) is 19.1 Å². The number of carbonyl (C=O) groups excluding carboxylic acids is 4. The number of carbonyl (C=O) groups is 4. The van der Waals surface area contributed by atoms with Crippen molar-refractivity contribution in [1.82, 2.24) is 0 Å². The normalized spacial score (nSPS) is 28.7. The van der Waals surface area contributed by atoms with Gasteiger partial charge in [0.25, 0.3) is 0 Å². The zero-order valence-electron chi connectivity index (χ0n) is 20.1. The van der Waals surface area contributed by atoms with Gasteiger partial charge in [-0.1, -0.05) is 18.2 Å². The highest BCUT2D eigenvalue weighted by Gasteiger charge is 2.61. The first-order valence-corrected chi connectivity index (χ1v) is 12.7. The summed E-state index contributed by atoms with van der Waals surface area (Å²) >= 11 is 0. The average Bonchev–Trinajstić information content (AvgIpc) is 3.63. The van der Waals surface area contributed by atoms with E-state index in [4.69, 9.17) is 9.47 Å². The fourth-order valence-electron chi connectivity index (χ4n) is 6.60. The second-order valence-electron chi connectivity index (χ2n) is 10.1. The van der Waals surface area contributed by atoms with Gasteiger partial charge in [-0.15, -0.1) is 0 Å². The van der Waals surface area contributed by atoms with Crippen molar-refractivity contribution in [2.45, 2.75) is 32.6 Å². The van der Waals surface area contributed by atoms with Crippen LogP contribution in [-0.4, -0.2) is 36.8 Å².